The summed E-state index contributed by atoms with van der Waals surface area (Å²) in [6, 6.07) is 7.86. The van der Waals surface area contributed by atoms with Gasteiger partial charge >= 0.3 is 0 Å². The zero-order chi connectivity index (χ0) is 16.5. The summed E-state index contributed by atoms with van der Waals surface area (Å²) < 4.78 is 12.8. The van der Waals surface area contributed by atoms with Crippen LogP contribution in [-0.2, 0) is 0 Å². The van der Waals surface area contributed by atoms with Crippen molar-refractivity contribution in [1.82, 2.24) is 14.4 Å². The Morgan fingerprint density at radius 2 is 2.00 bits per heavy atom. The lowest BCUT2D eigenvalue weighted by molar-refractivity contribution is 0.355. The summed E-state index contributed by atoms with van der Waals surface area (Å²) >= 11 is 1.81. The molecule has 0 radical (unpaired) electrons. The Bertz CT molecular complexity index is 874. The molecule has 1 aromatic carbocycles. The van der Waals surface area contributed by atoms with E-state index in [4.69, 9.17) is 14.5 Å². The number of rotatable bonds is 6. The first kappa shape index (κ1) is 15.3. The van der Waals surface area contributed by atoms with Gasteiger partial charge in [0.2, 0.25) is 0 Å². The van der Waals surface area contributed by atoms with E-state index >= 15 is 0 Å². The van der Waals surface area contributed by atoms with E-state index in [2.05, 4.69) is 9.38 Å². The molecule has 0 amide bonds. The van der Waals surface area contributed by atoms with Gasteiger partial charge in [-0.05, 0) is 37.0 Å². The Balaban J connectivity index is 1.75. The van der Waals surface area contributed by atoms with Gasteiger partial charge in [-0.3, -0.25) is 4.40 Å². The molecule has 0 spiro atoms. The standard InChI is InChI=1S/C18H19N3O2S/c1-22-15-6-5-13(9-16(15)23-2)14-10-17-19-7-8-21(17)18(20-14)24-11-12-3-4-12/h5-10,12H,3-4,11H2,1-2H3. The Labute approximate surface area is 145 Å². The van der Waals surface area contributed by atoms with E-state index in [0.717, 1.165) is 33.7 Å². The highest BCUT2D eigenvalue weighted by Gasteiger charge is 2.22. The number of nitrogens with zero attached hydrogens (tertiary/aromatic N) is 3. The molecule has 0 unspecified atom stereocenters. The maximum Gasteiger partial charge on any atom is 0.174 e. The fourth-order valence-electron chi connectivity index (χ4n) is 2.62. The van der Waals surface area contributed by atoms with Gasteiger partial charge in [0.05, 0.1) is 19.9 Å². The molecule has 0 aliphatic heterocycles. The van der Waals surface area contributed by atoms with Crippen LogP contribution in [0, 0.1) is 5.92 Å². The highest BCUT2D eigenvalue weighted by Crippen LogP contribution is 2.36. The quantitative estimate of drug-likeness (QED) is 0.502. The minimum Gasteiger partial charge on any atom is -0.493 e. The average molecular weight is 341 g/mol. The Kier molecular flexibility index (Phi) is 4.06. The van der Waals surface area contributed by atoms with E-state index in [-0.39, 0.29) is 0 Å². The molecule has 24 heavy (non-hydrogen) atoms. The van der Waals surface area contributed by atoms with Crippen LogP contribution in [-0.4, -0.2) is 34.3 Å². The van der Waals surface area contributed by atoms with Crippen LogP contribution < -0.4 is 9.47 Å². The van der Waals surface area contributed by atoms with Crippen molar-refractivity contribution in [2.45, 2.75) is 18.0 Å². The second-order valence-electron chi connectivity index (χ2n) is 5.90. The molecule has 1 saturated carbocycles. The van der Waals surface area contributed by atoms with E-state index in [1.165, 1.54) is 12.8 Å². The third kappa shape index (κ3) is 2.94. The molecule has 4 rings (SSSR count). The number of aromatic nitrogens is 3. The van der Waals surface area contributed by atoms with Crippen LogP contribution in [0.25, 0.3) is 16.9 Å². The third-order valence-corrected chi connectivity index (χ3v) is 5.37. The SMILES string of the molecule is COc1ccc(-c2cc3nccn3c(SCC3CC3)n2)cc1OC. The smallest absolute Gasteiger partial charge is 0.174 e. The molecule has 1 aliphatic carbocycles. The van der Waals surface area contributed by atoms with E-state index in [0.29, 0.717) is 11.5 Å². The molecular formula is C18H19N3O2S. The van der Waals surface area contributed by atoms with E-state index < -0.39 is 0 Å². The highest BCUT2D eigenvalue weighted by atomic mass is 32.2. The fourth-order valence-corrected chi connectivity index (χ4v) is 3.79. The predicted octanol–water partition coefficient (Wildman–Crippen LogP) is 3.92. The van der Waals surface area contributed by atoms with Gasteiger partial charge in [-0.15, -0.1) is 0 Å². The van der Waals surface area contributed by atoms with Crippen LogP contribution in [0.15, 0.2) is 41.8 Å². The minimum absolute atomic E-state index is 0.701. The van der Waals surface area contributed by atoms with Gasteiger partial charge in [0.25, 0.3) is 0 Å². The second-order valence-corrected chi connectivity index (χ2v) is 6.89. The number of fused-ring (bicyclic) bond motifs is 1. The van der Waals surface area contributed by atoms with E-state index in [1.54, 1.807) is 14.2 Å². The average Bonchev–Trinajstić information content (AvgIpc) is 3.33. The van der Waals surface area contributed by atoms with Crippen molar-refractivity contribution in [2.24, 2.45) is 5.92 Å². The largest absolute Gasteiger partial charge is 0.493 e. The summed E-state index contributed by atoms with van der Waals surface area (Å²) in [6.45, 7) is 0. The molecule has 1 fully saturated rings. The van der Waals surface area contributed by atoms with E-state index in [9.17, 15) is 0 Å². The zero-order valence-electron chi connectivity index (χ0n) is 13.7. The van der Waals surface area contributed by atoms with Crippen molar-refractivity contribution >= 4 is 17.4 Å². The first-order chi connectivity index (χ1) is 11.8. The Morgan fingerprint density at radius 1 is 1.17 bits per heavy atom. The number of hydrogen-bond donors (Lipinski definition) is 0. The lowest BCUT2D eigenvalue weighted by Gasteiger charge is -2.11. The number of ether oxygens (including phenoxy) is 2. The molecule has 1 aliphatic rings. The number of thioether (sulfide) groups is 1. The van der Waals surface area contributed by atoms with Crippen molar-refractivity contribution in [3.05, 3.63) is 36.7 Å². The molecule has 2 aromatic heterocycles. The monoisotopic (exact) mass is 341 g/mol. The summed E-state index contributed by atoms with van der Waals surface area (Å²) in [7, 11) is 3.28. The van der Waals surface area contributed by atoms with E-state index in [1.807, 2.05) is 48.4 Å². The summed E-state index contributed by atoms with van der Waals surface area (Å²) in [6.07, 6.45) is 6.47. The lowest BCUT2D eigenvalue weighted by atomic mass is 10.1. The van der Waals surface area contributed by atoms with Gasteiger partial charge in [0.1, 0.15) is 5.65 Å². The van der Waals surface area contributed by atoms with Gasteiger partial charge in [-0.2, -0.15) is 0 Å². The first-order valence-electron chi connectivity index (χ1n) is 7.98. The second kappa shape index (κ2) is 6.36. The van der Waals surface area contributed by atoms with Crippen LogP contribution in [0.1, 0.15) is 12.8 Å². The summed E-state index contributed by atoms with van der Waals surface area (Å²) in [5.41, 5.74) is 2.80. The van der Waals surface area contributed by atoms with Gasteiger partial charge in [0, 0.05) is 29.8 Å². The third-order valence-electron chi connectivity index (χ3n) is 4.18. The number of imidazole rings is 1. The van der Waals surface area contributed by atoms with Gasteiger partial charge in [0.15, 0.2) is 16.7 Å². The molecule has 0 saturated heterocycles. The maximum absolute atomic E-state index is 5.41. The van der Waals surface area contributed by atoms with Gasteiger partial charge < -0.3 is 9.47 Å². The Morgan fingerprint density at radius 3 is 2.75 bits per heavy atom. The molecule has 0 N–H and O–H groups in total. The van der Waals surface area contributed by atoms with Crippen LogP contribution in [0.4, 0.5) is 0 Å². The first-order valence-corrected chi connectivity index (χ1v) is 8.96. The van der Waals surface area contributed by atoms with Crippen LogP contribution in [0.5, 0.6) is 11.5 Å². The predicted molar refractivity (Wildman–Crippen MR) is 95.0 cm³/mol. The molecule has 2 heterocycles. The summed E-state index contributed by atoms with van der Waals surface area (Å²) in [4.78, 5) is 9.30. The van der Waals surface area contributed by atoms with Crippen molar-refractivity contribution in [1.29, 1.82) is 0 Å². The summed E-state index contributed by atoms with van der Waals surface area (Å²) in [5.74, 6) is 3.38. The normalized spacial score (nSPS) is 14.1. The van der Waals surface area contributed by atoms with Crippen molar-refractivity contribution in [2.75, 3.05) is 20.0 Å². The molecule has 0 bridgehead atoms. The maximum atomic E-state index is 5.41. The van der Waals surface area contributed by atoms with Crippen LogP contribution >= 0.6 is 11.8 Å². The molecule has 6 heteroatoms. The minimum atomic E-state index is 0.701. The molecular weight excluding hydrogens is 322 g/mol. The van der Waals surface area contributed by atoms with Crippen molar-refractivity contribution in [3.8, 4) is 22.8 Å². The van der Waals surface area contributed by atoms with Crippen LogP contribution in [0.2, 0.25) is 0 Å². The molecule has 124 valence electrons. The Hall–Kier alpha value is -2.21. The molecule has 3 aromatic rings. The van der Waals surface area contributed by atoms with Crippen LogP contribution in [0.3, 0.4) is 0 Å². The number of benzene rings is 1. The van der Waals surface area contributed by atoms with Crippen molar-refractivity contribution < 1.29 is 9.47 Å². The fraction of sp³-hybridized carbons (Fsp3) is 0.333. The van der Waals surface area contributed by atoms with Crippen molar-refractivity contribution in [3.63, 3.8) is 0 Å². The topological polar surface area (TPSA) is 48.7 Å². The lowest BCUT2D eigenvalue weighted by Crippen LogP contribution is -1.98. The van der Waals surface area contributed by atoms with Gasteiger partial charge in [-0.1, -0.05) is 11.8 Å². The molecule has 0 atom stereocenters. The summed E-state index contributed by atoms with van der Waals surface area (Å²) in [5, 5.41) is 0.988. The number of methoxy groups -OCH3 is 2. The molecule has 5 nitrogen and oxygen atoms in total. The van der Waals surface area contributed by atoms with Gasteiger partial charge in [-0.25, -0.2) is 9.97 Å². The highest BCUT2D eigenvalue weighted by molar-refractivity contribution is 7.99. The number of hydrogen-bond acceptors (Lipinski definition) is 5. The zero-order valence-corrected chi connectivity index (χ0v) is 14.5.